The molecule has 0 fully saturated rings. The summed E-state index contributed by atoms with van der Waals surface area (Å²) in [6, 6.07) is 0.620. The second kappa shape index (κ2) is 23.0. The molecule has 0 saturated heterocycles. The van der Waals surface area contributed by atoms with E-state index in [1.807, 2.05) is 34.6 Å². The Morgan fingerprint density at radius 3 is 1.56 bits per heavy atom. The molecular weight excluding hydrogens is 476 g/mol. The molecule has 0 aliphatic carbocycles. The summed E-state index contributed by atoms with van der Waals surface area (Å²) in [5, 5.41) is 0. The van der Waals surface area contributed by atoms with E-state index in [2.05, 4.69) is 6.92 Å². The maximum Gasteiger partial charge on any atom is 0.500 e. The van der Waals surface area contributed by atoms with Crippen molar-refractivity contribution in [3.63, 3.8) is 0 Å². The molecule has 0 aromatic heterocycles. The molecule has 0 heterocycles. The van der Waals surface area contributed by atoms with Crippen LogP contribution in [0.25, 0.3) is 0 Å². The number of nitrogens with zero attached hydrogens (tertiary/aromatic N) is 2. The number of rotatable bonds is 24. The number of carbonyl (C=O) groups is 1. The van der Waals surface area contributed by atoms with Crippen LogP contribution in [-0.4, -0.2) is 96.1 Å². The van der Waals surface area contributed by atoms with E-state index < -0.39 is 8.80 Å². The van der Waals surface area contributed by atoms with Gasteiger partial charge in [0.05, 0.1) is 5.88 Å². The van der Waals surface area contributed by atoms with Gasteiger partial charge >= 0.3 is 14.8 Å². The number of carbonyl (C=O) groups excluding carboxylic acids is 1. The van der Waals surface area contributed by atoms with Gasteiger partial charge in [-0.25, -0.2) is 4.79 Å². The van der Waals surface area contributed by atoms with Crippen molar-refractivity contribution in [1.82, 2.24) is 9.80 Å². The van der Waals surface area contributed by atoms with Gasteiger partial charge in [0.2, 0.25) is 0 Å². The van der Waals surface area contributed by atoms with Gasteiger partial charge in [-0.3, -0.25) is 9.80 Å². The minimum Gasteiger partial charge on any atom is -0.374 e. The Morgan fingerprint density at radius 2 is 1.15 bits per heavy atom. The van der Waals surface area contributed by atoms with E-state index >= 15 is 0 Å². The van der Waals surface area contributed by atoms with Crippen LogP contribution in [0.3, 0.4) is 0 Å². The van der Waals surface area contributed by atoms with E-state index in [-0.39, 0.29) is 26.2 Å². The van der Waals surface area contributed by atoms with Crippen LogP contribution >= 0.6 is 11.8 Å². The topological polar surface area (TPSA) is 78.9 Å². The first-order valence-corrected chi connectivity index (χ1v) is 15.9. The first kappa shape index (κ1) is 33.6. The Kier molecular flexibility index (Phi) is 22.7. The number of amides is 2. The highest BCUT2D eigenvalue weighted by atomic mass is 32.2. The van der Waals surface area contributed by atoms with Crippen molar-refractivity contribution in [1.29, 1.82) is 0 Å². The SMILES string of the molecule is CCCOCN(COCCC)C(=O)N(COCCC)CSCCC[Si](OCC)(OCC)OCC. The summed E-state index contributed by atoms with van der Waals surface area (Å²) in [5.41, 5.74) is 0. The van der Waals surface area contributed by atoms with Crippen molar-refractivity contribution in [3.8, 4) is 0 Å². The van der Waals surface area contributed by atoms with Gasteiger partial charge in [-0.1, -0.05) is 20.8 Å². The highest BCUT2D eigenvalue weighted by Gasteiger charge is 2.39. The van der Waals surface area contributed by atoms with Gasteiger partial charge in [-0.2, -0.15) is 0 Å². The highest BCUT2D eigenvalue weighted by Crippen LogP contribution is 2.20. The largest absolute Gasteiger partial charge is 0.500 e. The molecule has 204 valence electrons. The normalized spacial score (nSPS) is 11.7. The highest BCUT2D eigenvalue weighted by molar-refractivity contribution is 7.99. The lowest BCUT2D eigenvalue weighted by Crippen LogP contribution is -2.46. The molecule has 34 heavy (non-hydrogen) atoms. The van der Waals surface area contributed by atoms with Crippen LogP contribution in [0, 0.1) is 0 Å². The average Bonchev–Trinajstić information content (AvgIpc) is 2.82. The second-order valence-corrected chi connectivity index (χ2v) is 11.4. The quantitative estimate of drug-likeness (QED) is 0.0989. The summed E-state index contributed by atoms with van der Waals surface area (Å²) in [6.07, 6.45) is 3.58. The van der Waals surface area contributed by atoms with E-state index in [4.69, 9.17) is 27.5 Å². The Labute approximate surface area is 213 Å². The van der Waals surface area contributed by atoms with Crippen molar-refractivity contribution >= 4 is 26.6 Å². The van der Waals surface area contributed by atoms with E-state index in [9.17, 15) is 4.79 Å². The molecule has 0 N–H and O–H groups in total. The van der Waals surface area contributed by atoms with E-state index in [0.717, 1.165) is 37.5 Å². The van der Waals surface area contributed by atoms with Gasteiger partial charge in [0.25, 0.3) is 0 Å². The lowest BCUT2D eigenvalue weighted by atomic mass is 10.5. The molecule has 0 aromatic rings. The summed E-state index contributed by atoms with van der Waals surface area (Å²) in [7, 11) is -2.64. The molecule has 0 saturated carbocycles. The van der Waals surface area contributed by atoms with E-state index in [0.29, 0.717) is 45.5 Å². The van der Waals surface area contributed by atoms with Gasteiger partial charge in [-0.05, 0) is 52.2 Å². The molecule has 0 atom stereocenters. The first-order chi connectivity index (χ1) is 16.5. The second-order valence-electron chi connectivity index (χ2n) is 7.60. The maximum absolute atomic E-state index is 13.2. The zero-order valence-corrected chi connectivity index (χ0v) is 24.3. The predicted molar refractivity (Wildman–Crippen MR) is 140 cm³/mol. The molecule has 0 aromatic carbocycles. The van der Waals surface area contributed by atoms with Crippen molar-refractivity contribution in [2.24, 2.45) is 0 Å². The van der Waals surface area contributed by atoms with Gasteiger partial charge in [0.1, 0.15) is 20.2 Å². The Bertz CT molecular complexity index is 454. The molecule has 0 spiro atoms. The standard InChI is InChI=1S/C23H50N2O7SSi/c1-7-14-27-19-24(20-28-15-8-2)23(26)25(21-29-16-9-3)22-33-17-13-18-34(30-10-4,31-11-5)32-12-6/h7-22H2,1-6H3. The lowest BCUT2D eigenvalue weighted by molar-refractivity contribution is -0.0365. The van der Waals surface area contributed by atoms with Gasteiger partial charge in [0, 0.05) is 45.7 Å². The third-order valence-corrected chi connectivity index (χ3v) is 8.66. The fourth-order valence-electron chi connectivity index (χ4n) is 3.02. The minimum absolute atomic E-state index is 0.141. The molecule has 0 bridgehead atoms. The van der Waals surface area contributed by atoms with Crippen LogP contribution in [0.2, 0.25) is 6.04 Å². The molecule has 0 unspecified atom stereocenters. The molecule has 2 amide bonds. The minimum atomic E-state index is -2.64. The summed E-state index contributed by atoms with van der Waals surface area (Å²) in [6.45, 7) is 16.2. The van der Waals surface area contributed by atoms with Crippen LogP contribution in [0.15, 0.2) is 0 Å². The average molecular weight is 527 g/mol. The van der Waals surface area contributed by atoms with Crippen LogP contribution in [0.1, 0.15) is 67.2 Å². The van der Waals surface area contributed by atoms with Crippen molar-refractivity contribution < 1.29 is 32.3 Å². The molecule has 0 aliphatic rings. The Balaban J connectivity index is 4.92. The number of hydrogen-bond acceptors (Lipinski definition) is 8. The summed E-state index contributed by atoms with van der Waals surface area (Å²) in [5.74, 6) is 1.38. The summed E-state index contributed by atoms with van der Waals surface area (Å²) >= 11 is 1.69. The lowest BCUT2D eigenvalue weighted by Gasteiger charge is -2.30. The maximum atomic E-state index is 13.2. The smallest absolute Gasteiger partial charge is 0.374 e. The molecular formula is C23H50N2O7SSi. The fraction of sp³-hybridized carbons (Fsp3) is 0.957. The van der Waals surface area contributed by atoms with Crippen LogP contribution in [-0.2, 0) is 27.5 Å². The van der Waals surface area contributed by atoms with Crippen LogP contribution in [0.5, 0.6) is 0 Å². The summed E-state index contributed by atoms with van der Waals surface area (Å²) < 4.78 is 34.8. The Hall–Kier alpha value is -0.403. The van der Waals surface area contributed by atoms with Crippen molar-refractivity contribution in [3.05, 3.63) is 0 Å². The monoisotopic (exact) mass is 526 g/mol. The van der Waals surface area contributed by atoms with Crippen LogP contribution < -0.4 is 0 Å². The molecule has 0 aliphatic heterocycles. The number of hydrogen-bond donors (Lipinski definition) is 0. The zero-order valence-electron chi connectivity index (χ0n) is 22.5. The molecule has 9 nitrogen and oxygen atoms in total. The van der Waals surface area contributed by atoms with Crippen molar-refractivity contribution in [2.45, 2.75) is 73.3 Å². The zero-order chi connectivity index (χ0) is 25.5. The summed E-state index contributed by atoms with van der Waals surface area (Å²) in [4.78, 5) is 16.6. The Morgan fingerprint density at radius 1 is 0.706 bits per heavy atom. The number of thioether (sulfide) groups is 1. The van der Waals surface area contributed by atoms with Gasteiger partial charge in [0.15, 0.2) is 0 Å². The van der Waals surface area contributed by atoms with Gasteiger partial charge in [-0.15, -0.1) is 11.8 Å². The van der Waals surface area contributed by atoms with Crippen molar-refractivity contribution in [2.75, 3.05) is 71.5 Å². The third kappa shape index (κ3) is 15.6. The van der Waals surface area contributed by atoms with E-state index in [1.54, 1.807) is 21.6 Å². The number of ether oxygens (including phenoxy) is 3. The van der Waals surface area contributed by atoms with E-state index in [1.165, 1.54) is 0 Å². The van der Waals surface area contributed by atoms with Crippen LogP contribution in [0.4, 0.5) is 4.79 Å². The molecule has 0 rings (SSSR count). The predicted octanol–water partition coefficient (Wildman–Crippen LogP) is 4.99. The fourth-order valence-corrected chi connectivity index (χ4v) is 6.77. The molecule has 0 radical (unpaired) electrons. The first-order valence-electron chi connectivity index (χ1n) is 12.8. The third-order valence-electron chi connectivity index (χ3n) is 4.44. The molecule has 11 heteroatoms. The van der Waals surface area contributed by atoms with Gasteiger partial charge < -0.3 is 27.5 Å². The number of urea groups is 1.